The number of nitrogens with zero attached hydrogens (tertiary/aromatic N) is 5. The summed E-state index contributed by atoms with van der Waals surface area (Å²) >= 11 is 0. The van der Waals surface area contributed by atoms with Gasteiger partial charge in [0.2, 0.25) is 5.91 Å². The minimum absolute atomic E-state index is 0.230. The Morgan fingerprint density at radius 3 is 2.67 bits per heavy atom. The molecule has 6 nitrogen and oxygen atoms in total. The fourth-order valence-electron chi connectivity index (χ4n) is 3.44. The molecule has 2 aromatic heterocycles. The molecule has 2 aromatic rings. The lowest BCUT2D eigenvalue weighted by Gasteiger charge is -2.31. The van der Waals surface area contributed by atoms with E-state index in [0.717, 1.165) is 49.5 Å². The van der Waals surface area contributed by atoms with Crippen LogP contribution >= 0.6 is 0 Å². The van der Waals surface area contributed by atoms with Crippen LogP contribution in [-0.4, -0.2) is 43.7 Å². The largest absolute Gasteiger partial charge is 0.343 e. The second kappa shape index (κ2) is 6.34. The molecule has 4 rings (SSSR count). The molecule has 1 amide bonds. The Bertz CT molecular complexity index is 756. The Labute approximate surface area is 141 Å². The van der Waals surface area contributed by atoms with Gasteiger partial charge in [-0.2, -0.15) is 9.61 Å². The van der Waals surface area contributed by atoms with Gasteiger partial charge in [-0.15, -0.1) is 16.8 Å². The lowest BCUT2D eigenvalue weighted by Crippen LogP contribution is -2.38. The van der Waals surface area contributed by atoms with Crippen LogP contribution in [0.25, 0.3) is 5.65 Å². The summed E-state index contributed by atoms with van der Waals surface area (Å²) in [6.45, 7) is 5.26. The maximum absolute atomic E-state index is 12.1. The number of hydrogen-bond acceptors (Lipinski definition) is 4. The molecule has 0 unspecified atom stereocenters. The van der Waals surface area contributed by atoms with E-state index in [0.29, 0.717) is 18.3 Å². The van der Waals surface area contributed by atoms with Crippen molar-refractivity contribution in [3.05, 3.63) is 36.3 Å². The standard InChI is InChI=1S/C18H23N5O/c1-2-3-4-17(24)22-11-9-14(10-12-22)18-20-19-16-8-7-15(13-5-6-13)21-23(16)18/h2,7-8,13-14H,1,3-6,9-12H2. The highest BCUT2D eigenvalue weighted by molar-refractivity contribution is 5.76. The molecular formula is C18H23N5O. The first-order valence-electron chi connectivity index (χ1n) is 8.87. The summed E-state index contributed by atoms with van der Waals surface area (Å²) in [4.78, 5) is 14.1. The number of carbonyl (C=O) groups excluding carboxylic acids is 1. The fourth-order valence-corrected chi connectivity index (χ4v) is 3.44. The molecule has 1 saturated heterocycles. The molecule has 0 N–H and O–H groups in total. The highest BCUT2D eigenvalue weighted by Gasteiger charge is 2.29. The lowest BCUT2D eigenvalue weighted by molar-refractivity contribution is -0.132. The molecule has 0 radical (unpaired) electrons. The van der Waals surface area contributed by atoms with Gasteiger partial charge in [0, 0.05) is 31.3 Å². The Hall–Kier alpha value is -2.24. The highest BCUT2D eigenvalue weighted by Crippen LogP contribution is 2.39. The van der Waals surface area contributed by atoms with Gasteiger partial charge in [0.05, 0.1) is 5.69 Å². The summed E-state index contributed by atoms with van der Waals surface area (Å²) in [6, 6.07) is 4.09. The van der Waals surface area contributed by atoms with E-state index in [2.05, 4.69) is 22.8 Å². The minimum Gasteiger partial charge on any atom is -0.343 e. The average Bonchev–Trinajstić information content (AvgIpc) is 3.39. The van der Waals surface area contributed by atoms with E-state index in [-0.39, 0.29) is 5.91 Å². The van der Waals surface area contributed by atoms with Gasteiger partial charge in [-0.1, -0.05) is 6.08 Å². The zero-order valence-electron chi connectivity index (χ0n) is 13.9. The van der Waals surface area contributed by atoms with Gasteiger partial charge in [-0.25, -0.2) is 0 Å². The van der Waals surface area contributed by atoms with E-state index in [1.165, 1.54) is 12.8 Å². The van der Waals surface area contributed by atoms with E-state index in [1.54, 1.807) is 6.08 Å². The summed E-state index contributed by atoms with van der Waals surface area (Å²) < 4.78 is 1.92. The zero-order valence-corrected chi connectivity index (χ0v) is 13.9. The van der Waals surface area contributed by atoms with Crippen LogP contribution in [0.2, 0.25) is 0 Å². The van der Waals surface area contributed by atoms with Gasteiger partial charge in [-0.05, 0) is 44.2 Å². The normalized spacial score (nSPS) is 18.9. The molecule has 0 bridgehead atoms. The molecule has 126 valence electrons. The SMILES string of the molecule is C=CCCC(=O)N1CCC(c2nnc3ccc(C4CC4)nn23)CC1. The first-order valence-corrected chi connectivity index (χ1v) is 8.87. The minimum atomic E-state index is 0.230. The Kier molecular flexibility index (Phi) is 4.04. The van der Waals surface area contributed by atoms with Crippen molar-refractivity contribution in [3.63, 3.8) is 0 Å². The molecule has 1 saturated carbocycles. The van der Waals surface area contributed by atoms with Crippen LogP contribution in [0.3, 0.4) is 0 Å². The van der Waals surface area contributed by atoms with Crippen molar-refractivity contribution in [3.8, 4) is 0 Å². The summed E-state index contributed by atoms with van der Waals surface area (Å²) in [5.41, 5.74) is 1.97. The van der Waals surface area contributed by atoms with Crippen molar-refractivity contribution in [2.24, 2.45) is 0 Å². The van der Waals surface area contributed by atoms with Gasteiger partial charge in [0.1, 0.15) is 0 Å². The highest BCUT2D eigenvalue weighted by atomic mass is 16.2. The van der Waals surface area contributed by atoms with Gasteiger partial charge in [0.15, 0.2) is 11.5 Å². The maximum atomic E-state index is 12.1. The molecule has 24 heavy (non-hydrogen) atoms. The van der Waals surface area contributed by atoms with E-state index < -0.39 is 0 Å². The molecule has 0 spiro atoms. The topological polar surface area (TPSA) is 63.4 Å². The summed E-state index contributed by atoms with van der Waals surface area (Å²) in [6.07, 6.45) is 7.44. The fraction of sp³-hybridized carbons (Fsp3) is 0.556. The van der Waals surface area contributed by atoms with Crippen LogP contribution in [0, 0.1) is 0 Å². The van der Waals surface area contributed by atoms with Gasteiger partial charge in [0.25, 0.3) is 0 Å². The van der Waals surface area contributed by atoms with E-state index >= 15 is 0 Å². The van der Waals surface area contributed by atoms with Crippen molar-refractivity contribution in [2.75, 3.05) is 13.1 Å². The number of hydrogen-bond donors (Lipinski definition) is 0. The van der Waals surface area contributed by atoms with Crippen molar-refractivity contribution in [2.45, 2.75) is 50.4 Å². The number of amides is 1. The van der Waals surface area contributed by atoms with Crippen molar-refractivity contribution < 1.29 is 4.79 Å². The van der Waals surface area contributed by atoms with Gasteiger partial charge in [-0.3, -0.25) is 4.79 Å². The number of allylic oxidation sites excluding steroid dienone is 1. The third-order valence-electron chi connectivity index (χ3n) is 5.08. The predicted octanol–water partition coefficient (Wildman–Crippen LogP) is 2.67. The van der Waals surface area contributed by atoms with Crippen LogP contribution in [-0.2, 0) is 4.79 Å². The maximum Gasteiger partial charge on any atom is 0.222 e. The van der Waals surface area contributed by atoms with Crippen LogP contribution in [0.15, 0.2) is 24.8 Å². The first-order chi connectivity index (χ1) is 11.8. The quantitative estimate of drug-likeness (QED) is 0.793. The Balaban J connectivity index is 1.47. The van der Waals surface area contributed by atoms with Crippen LogP contribution < -0.4 is 0 Å². The molecule has 2 aliphatic rings. The molecule has 0 atom stereocenters. The van der Waals surface area contributed by atoms with Gasteiger partial charge >= 0.3 is 0 Å². The molecule has 6 heteroatoms. The third-order valence-corrected chi connectivity index (χ3v) is 5.08. The summed E-state index contributed by atoms with van der Waals surface area (Å²) in [7, 11) is 0. The predicted molar refractivity (Wildman–Crippen MR) is 90.7 cm³/mol. The van der Waals surface area contributed by atoms with Crippen LogP contribution in [0.1, 0.15) is 61.9 Å². The van der Waals surface area contributed by atoms with Crippen molar-refractivity contribution in [1.82, 2.24) is 24.7 Å². The van der Waals surface area contributed by atoms with Crippen LogP contribution in [0.5, 0.6) is 0 Å². The second-order valence-electron chi connectivity index (χ2n) is 6.84. The number of fused-ring (bicyclic) bond motifs is 1. The molecule has 2 fully saturated rings. The Morgan fingerprint density at radius 1 is 1.17 bits per heavy atom. The summed E-state index contributed by atoms with van der Waals surface area (Å²) in [5, 5.41) is 13.4. The first kappa shape index (κ1) is 15.3. The van der Waals surface area contributed by atoms with Crippen LogP contribution in [0.4, 0.5) is 0 Å². The Morgan fingerprint density at radius 2 is 1.96 bits per heavy atom. The number of likely N-dealkylation sites (tertiary alicyclic amines) is 1. The summed E-state index contributed by atoms with van der Waals surface area (Å²) in [5.74, 6) is 2.12. The van der Waals surface area contributed by atoms with Crippen molar-refractivity contribution in [1.29, 1.82) is 0 Å². The smallest absolute Gasteiger partial charge is 0.222 e. The number of rotatable bonds is 5. The second-order valence-corrected chi connectivity index (χ2v) is 6.84. The van der Waals surface area contributed by atoms with E-state index in [4.69, 9.17) is 5.10 Å². The zero-order chi connectivity index (χ0) is 16.5. The third kappa shape index (κ3) is 2.92. The monoisotopic (exact) mass is 325 g/mol. The molecule has 1 aliphatic heterocycles. The number of carbonyl (C=O) groups is 1. The van der Waals surface area contributed by atoms with E-state index in [9.17, 15) is 4.79 Å². The van der Waals surface area contributed by atoms with E-state index in [1.807, 2.05) is 15.5 Å². The molecule has 0 aromatic carbocycles. The molecular weight excluding hydrogens is 302 g/mol. The molecule has 1 aliphatic carbocycles. The van der Waals surface area contributed by atoms with Crippen molar-refractivity contribution >= 4 is 11.6 Å². The molecule has 3 heterocycles. The van der Waals surface area contributed by atoms with Gasteiger partial charge < -0.3 is 4.90 Å². The lowest BCUT2D eigenvalue weighted by atomic mass is 9.96. The number of piperidine rings is 1. The number of aromatic nitrogens is 4. The average molecular weight is 325 g/mol.